The van der Waals surface area contributed by atoms with E-state index in [4.69, 9.17) is 4.74 Å². The second kappa shape index (κ2) is 5.32. The topological polar surface area (TPSA) is 43.4 Å². The second-order valence-corrected chi connectivity index (χ2v) is 9.46. The van der Waals surface area contributed by atoms with E-state index in [1.54, 1.807) is 0 Å². The Hall–Kier alpha value is -0.860. The van der Waals surface area contributed by atoms with Crippen LogP contribution in [0.15, 0.2) is 0 Å². The Kier molecular flexibility index (Phi) is 3.93. The molecule has 0 aromatic heterocycles. The number of carbonyl (C=O) groups is 2. The lowest BCUT2D eigenvalue weighted by Gasteiger charge is -2.64. The number of ether oxygens (including phenoxy) is 1. The molecule has 0 bridgehead atoms. The molecule has 3 aliphatic carbocycles. The Bertz CT molecular complexity index is 515. The van der Waals surface area contributed by atoms with E-state index in [0.29, 0.717) is 23.7 Å². The van der Waals surface area contributed by atoms with Crippen molar-refractivity contribution in [2.45, 2.75) is 72.6 Å². The van der Waals surface area contributed by atoms with Crippen LogP contribution >= 0.6 is 0 Å². The first-order chi connectivity index (χ1) is 10.7. The van der Waals surface area contributed by atoms with Crippen molar-refractivity contribution >= 4 is 11.8 Å². The highest BCUT2D eigenvalue weighted by Gasteiger charge is 2.63. The summed E-state index contributed by atoms with van der Waals surface area (Å²) < 4.78 is 5.02. The molecule has 0 unspecified atom stereocenters. The summed E-state index contributed by atoms with van der Waals surface area (Å²) >= 11 is 0. The van der Waals surface area contributed by atoms with Gasteiger partial charge in [-0.1, -0.05) is 34.1 Å². The van der Waals surface area contributed by atoms with Gasteiger partial charge in [-0.2, -0.15) is 0 Å². The van der Waals surface area contributed by atoms with E-state index < -0.39 is 5.92 Å². The number of fused-ring (bicyclic) bond motifs is 3. The number of hydrogen-bond acceptors (Lipinski definition) is 3. The molecule has 0 aliphatic heterocycles. The molecular formula is C20H32O3. The smallest absolute Gasteiger partial charge is 0.316 e. The third-order valence-electron chi connectivity index (χ3n) is 7.94. The quantitative estimate of drug-likeness (QED) is 0.531. The fourth-order valence-corrected chi connectivity index (χ4v) is 7.01. The normalized spacial score (nSPS) is 45.8. The molecule has 3 fully saturated rings. The number of ketones is 1. The van der Waals surface area contributed by atoms with E-state index in [0.717, 1.165) is 19.3 Å². The van der Waals surface area contributed by atoms with Crippen LogP contribution in [-0.2, 0) is 14.3 Å². The van der Waals surface area contributed by atoms with Crippen molar-refractivity contribution in [3.05, 3.63) is 0 Å². The molecule has 130 valence electrons. The van der Waals surface area contributed by atoms with Gasteiger partial charge < -0.3 is 4.74 Å². The van der Waals surface area contributed by atoms with E-state index in [1.165, 1.54) is 26.4 Å². The zero-order valence-electron chi connectivity index (χ0n) is 15.4. The highest BCUT2D eigenvalue weighted by atomic mass is 16.5. The molecule has 5 atom stereocenters. The van der Waals surface area contributed by atoms with Crippen LogP contribution in [0.4, 0.5) is 0 Å². The molecule has 0 aromatic rings. The SMILES string of the molecule is COC(=O)[C@@H]1C(=O)CC[C@H]2[C@@]1(C)CC[C@H]1C(C)(C)CCC[C@]21C. The van der Waals surface area contributed by atoms with E-state index in [1.807, 2.05) is 0 Å². The van der Waals surface area contributed by atoms with Crippen LogP contribution < -0.4 is 0 Å². The minimum Gasteiger partial charge on any atom is -0.468 e. The fourth-order valence-electron chi connectivity index (χ4n) is 7.01. The summed E-state index contributed by atoms with van der Waals surface area (Å²) in [5, 5.41) is 0. The molecule has 0 radical (unpaired) electrons. The minimum absolute atomic E-state index is 0.104. The number of hydrogen-bond donors (Lipinski definition) is 0. The zero-order valence-corrected chi connectivity index (χ0v) is 15.4. The van der Waals surface area contributed by atoms with Crippen LogP contribution in [0.1, 0.15) is 72.6 Å². The summed E-state index contributed by atoms with van der Waals surface area (Å²) in [6, 6.07) is 0. The Labute approximate surface area is 140 Å². The van der Waals surface area contributed by atoms with Gasteiger partial charge in [0, 0.05) is 6.42 Å². The van der Waals surface area contributed by atoms with Crippen molar-refractivity contribution in [3.63, 3.8) is 0 Å². The van der Waals surface area contributed by atoms with E-state index in [2.05, 4.69) is 27.7 Å². The van der Waals surface area contributed by atoms with E-state index in [-0.39, 0.29) is 22.6 Å². The Balaban J connectivity index is 2.02. The maximum Gasteiger partial charge on any atom is 0.316 e. The fraction of sp³-hybridized carbons (Fsp3) is 0.900. The van der Waals surface area contributed by atoms with Gasteiger partial charge in [0.15, 0.2) is 0 Å². The standard InChI is InChI=1S/C20H32O3/c1-18(2)10-6-11-19(3)14(18)9-12-20(4)15(19)8-7-13(21)16(20)17(22)23-5/h14-16H,6-12H2,1-5H3/t14-,15+,16-,19-,20+/m0/s1. The average Bonchev–Trinajstić information content (AvgIpc) is 2.44. The summed E-state index contributed by atoms with van der Waals surface area (Å²) in [5.41, 5.74) is 0.402. The molecule has 0 amide bonds. The number of esters is 1. The van der Waals surface area contributed by atoms with Crippen molar-refractivity contribution in [1.29, 1.82) is 0 Å². The van der Waals surface area contributed by atoms with Crippen molar-refractivity contribution in [1.82, 2.24) is 0 Å². The van der Waals surface area contributed by atoms with Crippen LogP contribution in [0, 0.1) is 34.0 Å². The first-order valence-corrected chi connectivity index (χ1v) is 9.27. The maximum absolute atomic E-state index is 12.5. The zero-order chi connectivity index (χ0) is 17.0. The second-order valence-electron chi connectivity index (χ2n) is 9.46. The van der Waals surface area contributed by atoms with Gasteiger partial charge in [0.2, 0.25) is 0 Å². The summed E-state index contributed by atoms with van der Waals surface area (Å²) in [4.78, 5) is 24.9. The third-order valence-corrected chi connectivity index (χ3v) is 7.94. The highest BCUT2D eigenvalue weighted by molar-refractivity contribution is 6.00. The van der Waals surface area contributed by atoms with Gasteiger partial charge >= 0.3 is 5.97 Å². The molecular weight excluding hydrogens is 288 g/mol. The van der Waals surface area contributed by atoms with Crippen molar-refractivity contribution in [2.75, 3.05) is 7.11 Å². The van der Waals surface area contributed by atoms with Crippen LogP contribution in [0.2, 0.25) is 0 Å². The lowest BCUT2D eigenvalue weighted by atomic mass is 9.39. The molecule has 3 saturated carbocycles. The number of Topliss-reactive ketones (excluding diaryl/α,β-unsaturated/α-hetero) is 1. The molecule has 0 heterocycles. The van der Waals surface area contributed by atoms with Crippen LogP contribution in [-0.4, -0.2) is 18.9 Å². The van der Waals surface area contributed by atoms with Gasteiger partial charge in [0.05, 0.1) is 7.11 Å². The molecule has 0 spiro atoms. The predicted molar refractivity (Wildman–Crippen MR) is 89.8 cm³/mol. The highest BCUT2D eigenvalue weighted by Crippen LogP contribution is 2.68. The van der Waals surface area contributed by atoms with Crippen LogP contribution in [0.25, 0.3) is 0 Å². The van der Waals surface area contributed by atoms with E-state index in [9.17, 15) is 9.59 Å². The van der Waals surface area contributed by atoms with Crippen molar-refractivity contribution < 1.29 is 14.3 Å². The monoisotopic (exact) mass is 320 g/mol. The molecule has 3 aliphatic rings. The Morgan fingerprint density at radius 1 is 1.00 bits per heavy atom. The number of methoxy groups -OCH3 is 1. The first kappa shape index (κ1) is 17.0. The lowest BCUT2D eigenvalue weighted by Crippen LogP contribution is -2.60. The molecule has 0 saturated heterocycles. The van der Waals surface area contributed by atoms with Gasteiger partial charge in [0.25, 0.3) is 0 Å². The van der Waals surface area contributed by atoms with Crippen LogP contribution in [0.3, 0.4) is 0 Å². The van der Waals surface area contributed by atoms with Gasteiger partial charge in [0.1, 0.15) is 11.7 Å². The van der Waals surface area contributed by atoms with Crippen LogP contribution in [0.5, 0.6) is 0 Å². The minimum atomic E-state index is -0.547. The maximum atomic E-state index is 12.5. The average molecular weight is 320 g/mol. The number of carbonyl (C=O) groups excluding carboxylic acids is 2. The van der Waals surface area contributed by atoms with Gasteiger partial charge in [-0.15, -0.1) is 0 Å². The predicted octanol–water partition coefficient (Wildman–Crippen LogP) is 4.39. The lowest BCUT2D eigenvalue weighted by molar-refractivity contribution is -0.184. The van der Waals surface area contributed by atoms with Crippen molar-refractivity contribution in [3.8, 4) is 0 Å². The third kappa shape index (κ3) is 2.29. The van der Waals surface area contributed by atoms with Gasteiger partial charge in [-0.3, -0.25) is 9.59 Å². The summed E-state index contributed by atoms with van der Waals surface area (Å²) in [7, 11) is 1.42. The molecule has 3 nitrogen and oxygen atoms in total. The van der Waals surface area contributed by atoms with Crippen molar-refractivity contribution in [2.24, 2.45) is 34.0 Å². The molecule has 0 aromatic carbocycles. The van der Waals surface area contributed by atoms with E-state index >= 15 is 0 Å². The summed E-state index contributed by atoms with van der Waals surface area (Å²) in [5.74, 6) is 0.407. The first-order valence-electron chi connectivity index (χ1n) is 9.27. The van der Waals surface area contributed by atoms with Gasteiger partial charge in [-0.25, -0.2) is 0 Å². The number of rotatable bonds is 1. The molecule has 0 N–H and O–H groups in total. The summed E-state index contributed by atoms with van der Waals surface area (Å²) in [6.45, 7) is 9.48. The molecule has 3 rings (SSSR count). The largest absolute Gasteiger partial charge is 0.468 e. The Morgan fingerprint density at radius 2 is 1.70 bits per heavy atom. The Morgan fingerprint density at radius 3 is 2.35 bits per heavy atom. The summed E-state index contributed by atoms with van der Waals surface area (Å²) in [6.07, 6.45) is 7.42. The molecule has 23 heavy (non-hydrogen) atoms. The van der Waals surface area contributed by atoms with Gasteiger partial charge in [-0.05, 0) is 60.2 Å². The molecule has 3 heteroatoms.